The van der Waals surface area contributed by atoms with E-state index in [0.717, 1.165) is 36.1 Å². The number of benzene rings is 1. The number of rotatable bonds is 4. The van der Waals surface area contributed by atoms with Crippen molar-refractivity contribution in [1.29, 1.82) is 0 Å². The molecule has 3 nitrogen and oxygen atoms in total. The van der Waals surface area contributed by atoms with E-state index >= 15 is 0 Å². The van der Waals surface area contributed by atoms with Gasteiger partial charge in [0.15, 0.2) is 0 Å². The van der Waals surface area contributed by atoms with Crippen LogP contribution < -0.4 is 15.0 Å². The molecule has 0 saturated carbocycles. The summed E-state index contributed by atoms with van der Waals surface area (Å²) in [5.41, 5.74) is 1.06. The molecular formula is C13H19ClN2O. The molecule has 1 aliphatic heterocycles. The number of halogens is 1. The highest BCUT2D eigenvalue weighted by atomic mass is 35.5. The molecule has 4 heteroatoms. The lowest BCUT2D eigenvalue weighted by Crippen LogP contribution is -2.27. The van der Waals surface area contributed by atoms with Gasteiger partial charge in [-0.3, -0.25) is 0 Å². The summed E-state index contributed by atoms with van der Waals surface area (Å²) in [6.45, 7) is 3.27. The summed E-state index contributed by atoms with van der Waals surface area (Å²) in [4.78, 5) is 2.22. The Morgan fingerprint density at radius 3 is 3.00 bits per heavy atom. The summed E-state index contributed by atoms with van der Waals surface area (Å²) in [6, 6.07) is 5.73. The summed E-state index contributed by atoms with van der Waals surface area (Å²) < 4.78 is 5.37. The second-order valence-corrected chi connectivity index (χ2v) is 4.99. The Kier molecular flexibility index (Phi) is 4.13. The highest BCUT2D eigenvalue weighted by Crippen LogP contribution is 2.31. The Balaban J connectivity index is 2.11. The number of hydrogen-bond acceptors (Lipinski definition) is 3. The fourth-order valence-corrected chi connectivity index (χ4v) is 2.48. The topological polar surface area (TPSA) is 24.5 Å². The average molecular weight is 255 g/mol. The number of nitrogens with zero attached hydrogens (tertiary/aromatic N) is 1. The molecule has 1 N–H and O–H groups in total. The lowest BCUT2D eigenvalue weighted by molar-refractivity contribution is 0.414. The van der Waals surface area contributed by atoms with Crippen LogP contribution in [0.3, 0.4) is 0 Å². The lowest BCUT2D eigenvalue weighted by atomic mass is 10.1. The minimum absolute atomic E-state index is 0.712. The maximum atomic E-state index is 6.04. The van der Waals surface area contributed by atoms with Crippen molar-refractivity contribution in [2.75, 3.05) is 38.7 Å². The Bertz CT molecular complexity index is 378. The van der Waals surface area contributed by atoms with E-state index in [1.807, 2.05) is 18.2 Å². The molecule has 0 radical (unpaired) electrons. The van der Waals surface area contributed by atoms with E-state index in [4.69, 9.17) is 16.3 Å². The van der Waals surface area contributed by atoms with Crippen LogP contribution in [0.4, 0.5) is 5.69 Å². The van der Waals surface area contributed by atoms with Gasteiger partial charge in [0, 0.05) is 18.6 Å². The van der Waals surface area contributed by atoms with Crippen molar-refractivity contribution >= 4 is 17.3 Å². The van der Waals surface area contributed by atoms with E-state index in [1.54, 1.807) is 7.11 Å². The van der Waals surface area contributed by atoms with Gasteiger partial charge < -0.3 is 15.0 Å². The fourth-order valence-electron chi connectivity index (χ4n) is 2.32. The Hall–Kier alpha value is -0.930. The molecule has 2 rings (SSSR count). The predicted molar refractivity (Wildman–Crippen MR) is 72.3 cm³/mol. The van der Waals surface area contributed by atoms with Gasteiger partial charge in [-0.2, -0.15) is 0 Å². The molecule has 0 spiro atoms. The van der Waals surface area contributed by atoms with Crippen LogP contribution in [0.15, 0.2) is 18.2 Å². The number of ether oxygens (including phenoxy) is 1. The zero-order chi connectivity index (χ0) is 12.3. The Morgan fingerprint density at radius 1 is 1.53 bits per heavy atom. The molecule has 0 amide bonds. The summed E-state index contributed by atoms with van der Waals surface area (Å²) >= 11 is 6.04. The normalized spacial score (nSPS) is 19.4. The van der Waals surface area contributed by atoms with Crippen LogP contribution in [-0.2, 0) is 0 Å². The SMILES string of the molecule is COc1ccc(Cl)cc1N(C)CC1CCNC1. The third-order valence-electron chi connectivity index (χ3n) is 3.25. The standard InChI is InChI=1S/C13H19ClN2O/c1-16(9-10-5-6-15-8-10)12-7-11(14)3-4-13(12)17-2/h3-4,7,10,15H,5-6,8-9H2,1-2H3. The van der Waals surface area contributed by atoms with Crippen molar-refractivity contribution in [3.63, 3.8) is 0 Å². The van der Waals surface area contributed by atoms with Crippen molar-refractivity contribution in [1.82, 2.24) is 5.32 Å². The first-order valence-corrected chi connectivity index (χ1v) is 6.34. The first kappa shape index (κ1) is 12.5. The molecule has 0 bridgehead atoms. The van der Waals surface area contributed by atoms with Gasteiger partial charge in [-0.1, -0.05) is 11.6 Å². The molecule has 0 aromatic heterocycles. The van der Waals surface area contributed by atoms with E-state index in [1.165, 1.54) is 6.42 Å². The van der Waals surface area contributed by atoms with Gasteiger partial charge in [-0.15, -0.1) is 0 Å². The molecule has 0 aliphatic carbocycles. The Morgan fingerprint density at radius 2 is 2.35 bits per heavy atom. The Labute approximate surface area is 108 Å². The van der Waals surface area contributed by atoms with Crippen LogP contribution in [-0.4, -0.2) is 33.8 Å². The molecular weight excluding hydrogens is 236 g/mol. The molecule has 1 saturated heterocycles. The molecule has 1 unspecified atom stereocenters. The molecule has 94 valence electrons. The molecule has 1 aromatic carbocycles. The van der Waals surface area contributed by atoms with Crippen molar-refractivity contribution < 1.29 is 4.74 Å². The second-order valence-electron chi connectivity index (χ2n) is 4.56. The molecule has 1 aliphatic rings. The molecule has 1 aromatic rings. The number of methoxy groups -OCH3 is 1. The zero-order valence-corrected chi connectivity index (χ0v) is 11.1. The third kappa shape index (κ3) is 3.05. The summed E-state index contributed by atoms with van der Waals surface area (Å²) in [5, 5.41) is 4.13. The van der Waals surface area contributed by atoms with Gasteiger partial charge in [0.2, 0.25) is 0 Å². The predicted octanol–water partition coefficient (Wildman–Crippen LogP) is 2.39. The van der Waals surface area contributed by atoms with Gasteiger partial charge >= 0.3 is 0 Å². The summed E-state index contributed by atoms with van der Waals surface area (Å²) in [7, 11) is 3.78. The van der Waals surface area contributed by atoms with E-state index in [0.29, 0.717) is 5.92 Å². The molecule has 17 heavy (non-hydrogen) atoms. The van der Waals surface area contributed by atoms with Gasteiger partial charge in [0.25, 0.3) is 0 Å². The van der Waals surface area contributed by atoms with E-state index < -0.39 is 0 Å². The molecule has 1 atom stereocenters. The smallest absolute Gasteiger partial charge is 0.142 e. The fraction of sp³-hybridized carbons (Fsp3) is 0.538. The van der Waals surface area contributed by atoms with Crippen LogP contribution >= 0.6 is 11.6 Å². The average Bonchev–Trinajstić information content (AvgIpc) is 2.81. The van der Waals surface area contributed by atoms with E-state index in [-0.39, 0.29) is 0 Å². The highest BCUT2D eigenvalue weighted by Gasteiger charge is 2.18. The monoisotopic (exact) mass is 254 g/mol. The van der Waals surface area contributed by atoms with Gasteiger partial charge in [0.1, 0.15) is 5.75 Å². The first-order chi connectivity index (χ1) is 8.20. The van der Waals surface area contributed by atoms with Crippen LogP contribution in [0.1, 0.15) is 6.42 Å². The van der Waals surface area contributed by atoms with Gasteiger partial charge in [0.05, 0.1) is 12.8 Å². The quantitative estimate of drug-likeness (QED) is 0.893. The minimum atomic E-state index is 0.712. The van der Waals surface area contributed by atoms with Gasteiger partial charge in [-0.05, 0) is 43.6 Å². The van der Waals surface area contributed by atoms with E-state index in [2.05, 4.69) is 17.3 Å². The largest absolute Gasteiger partial charge is 0.495 e. The second kappa shape index (κ2) is 5.61. The van der Waals surface area contributed by atoms with Crippen molar-refractivity contribution in [3.05, 3.63) is 23.2 Å². The number of anilines is 1. The summed E-state index contributed by atoms with van der Waals surface area (Å²) in [5.74, 6) is 1.59. The summed E-state index contributed by atoms with van der Waals surface area (Å²) in [6.07, 6.45) is 1.24. The third-order valence-corrected chi connectivity index (χ3v) is 3.48. The minimum Gasteiger partial charge on any atom is -0.495 e. The number of nitrogens with one attached hydrogen (secondary N) is 1. The lowest BCUT2D eigenvalue weighted by Gasteiger charge is -2.24. The van der Waals surface area contributed by atoms with Crippen LogP contribution in [0.2, 0.25) is 5.02 Å². The highest BCUT2D eigenvalue weighted by molar-refractivity contribution is 6.30. The molecule has 1 heterocycles. The van der Waals surface area contributed by atoms with Crippen molar-refractivity contribution in [2.45, 2.75) is 6.42 Å². The number of hydrogen-bond donors (Lipinski definition) is 1. The first-order valence-electron chi connectivity index (χ1n) is 5.96. The maximum absolute atomic E-state index is 6.04. The zero-order valence-electron chi connectivity index (χ0n) is 10.4. The van der Waals surface area contributed by atoms with E-state index in [9.17, 15) is 0 Å². The van der Waals surface area contributed by atoms with Gasteiger partial charge in [-0.25, -0.2) is 0 Å². The van der Waals surface area contributed by atoms with Crippen molar-refractivity contribution in [2.24, 2.45) is 5.92 Å². The molecule has 1 fully saturated rings. The van der Waals surface area contributed by atoms with Crippen LogP contribution in [0.5, 0.6) is 5.75 Å². The van der Waals surface area contributed by atoms with Crippen LogP contribution in [0.25, 0.3) is 0 Å². The van der Waals surface area contributed by atoms with Crippen LogP contribution in [0, 0.1) is 5.92 Å². The maximum Gasteiger partial charge on any atom is 0.142 e. The van der Waals surface area contributed by atoms with Crippen molar-refractivity contribution in [3.8, 4) is 5.75 Å².